The molecule has 43 heavy (non-hydrogen) atoms. The molecule has 1 atom stereocenters. The third-order valence-electron chi connectivity index (χ3n) is 8.25. The molecule has 0 fully saturated rings. The van der Waals surface area contributed by atoms with Crippen molar-refractivity contribution >= 4 is 35.0 Å². The van der Waals surface area contributed by atoms with Gasteiger partial charge in [-0.2, -0.15) is 10.2 Å². The fourth-order valence-corrected chi connectivity index (χ4v) is 6.61. The van der Waals surface area contributed by atoms with E-state index in [-0.39, 0.29) is 49.3 Å². The lowest BCUT2D eigenvalue weighted by molar-refractivity contribution is -0.134. The SMILES string of the molecule is CC(C)CCN1C(=O)CN(C(=O)c2cn[nH]c2-c2cccs2)CCCNC(=O)CN(C)C(=O)c2nn(C)c3c2CC1CC3. The maximum Gasteiger partial charge on any atom is 0.274 e. The van der Waals surface area contributed by atoms with Crippen LogP contribution in [0.3, 0.4) is 0 Å². The molecule has 3 aromatic heterocycles. The zero-order chi connectivity index (χ0) is 30.7. The number of fused-ring (bicyclic) bond motifs is 1. The summed E-state index contributed by atoms with van der Waals surface area (Å²) in [7, 11) is 3.43. The van der Waals surface area contributed by atoms with Gasteiger partial charge in [0.2, 0.25) is 11.8 Å². The first-order valence-electron chi connectivity index (χ1n) is 14.9. The second kappa shape index (κ2) is 13.1. The summed E-state index contributed by atoms with van der Waals surface area (Å²) in [5, 5.41) is 16.4. The number of amides is 4. The molecule has 1 aliphatic carbocycles. The van der Waals surface area contributed by atoms with E-state index in [2.05, 4.69) is 34.5 Å². The van der Waals surface area contributed by atoms with Gasteiger partial charge in [-0.15, -0.1) is 11.3 Å². The molecule has 1 aliphatic heterocycles. The first kappa shape index (κ1) is 30.5. The Labute approximate surface area is 255 Å². The lowest BCUT2D eigenvalue weighted by Gasteiger charge is -2.36. The Balaban J connectivity index is 1.48. The quantitative estimate of drug-likeness (QED) is 0.456. The highest BCUT2D eigenvalue weighted by atomic mass is 32.1. The van der Waals surface area contributed by atoms with Gasteiger partial charge in [-0.1, -0.05) is 19.9 Å². The van der Waals surface area contributed by atoms with E-state index in [0.717, 1.165) is 29.0 Å². The molecule has 0 spiro atoms. The van der Waals surface area contributed by atoms with Gasteiger partial charge in [0.15, 0.2) is 5.69 Å². The number of hydrogen-bond donors (Lipinski definition) is 2. The number of nitrogens with one attached hydrogen (secondary N) is 2. The number of thiophene rings is 1. The van der Waals surface area contributed by atoms with Crippen LogP contribution in [0.4, 0.5) is 0 Å². The fraction of sp³-hybridized carbons (Fsp3) is 0.533. The van der Waals surface area contributed by atoms with Gasteiger partial charge in [-0.05, 0) is 49.5 Å². The number of hydrogen-bond acceptors (Lipinski definition) is 7. The summed E-state index contributed by atoms with van der Waals surface area (Å²) in [6, 6.07) is 3.70. The lowest BCUT2D eigenvalue weighted by atomic mass is 9.89. The normalized spacial score (nSPS) is 18.9. The van der Waals surface area contributed by atoms with Crippen LogP contribution >= 0.6 is 11.3 Å². The number of H-pyrrole nitrogens is 1. The molecule has 3 aromatic rings. The van der Waals surface area contributed by atoms with Gasteiger partial charge < -0.3 is 20.0 Å². The minimum atomic E-state index is -0.307. The second-order valence-electron chi connectivity index (χ2n) is 11.8. The average molecular weight is 609 g/mol. The van der Waals surface area contributed by atoms with Crippen molar-refractivity contribution in [3.8, 4) is 10.6 Å². The Kier molecular flexibility index (Phi) is 9.28. The van der Waals surface area contributed by atoms with E-state index in [9.17, 15) is 19.2 Å². The highest BCUT2D eigenvalue weighted by Crippen LogP contribution is 2.30. The van der Waals surface area contributed by atoms with Crippen molar-refractivity contribution in [2.24, 2.45) is 13.0 Å². The van der Waals surface area contributed by atoms with E-state index >= 15 is 0 Å². The molecule has 0 saturated carbocycles. The van der Waals surface area contributed by atoms with Crippen LogP contribution in [0.1, 0.15) is 65.2 Å². The molecule has 2 bridgehead atoms. The summed E-state index contributed by atoms with van der Waals surface area (Å²) in [6.07, 6.45) is 4.68. The van der Waals surface area contributed by atoms with Crippen LogP contribution in [-0.2, 0) is 29.5 Å². The van der Waals surface area contributed by atoms with E-state index in [4.69, 9.17) is 0 Å². The molecule has 5 rings (SSSR count). The Morgan fingerprint density at radius 3 is 2.74 bits per heavy atom. The monoisotopic (exact) mass is 608 g/mol. The molecule has 2 N–H and O–H groups in total. The molecule has 0 radical (unpaired) electrons. The van der Waals surface area contributed by atoms with Crippen molar-refractivity contribution in [2.45, 2.75) is 52.0 Å². The van der Waals surface area contributed by atoms with Gasteiger partial charge >= 0.3 is 0 Å². The first-order chi connectivity index (χ1) is 20.6. The van der Waals surface area contributed by atoms with Gasteiger partial charge in [0.05, 0.1) is 28.9 Å². The number of aryl methyl sites for hydroxylation is 1. The van der Waals surface area contributed by atoms with Gasteiger partial charge in [-0.25, -0.2) is 0 Å². The predicted octanol–water partition coefficient (Wildman–Crippen LogP) is 2.34. The Morgan fingerprint density at radius 1 is 1.19 bits per heavy atom. The lowest BCUT2D eigenvalue weighted by Crippen LogP contribution is -2.50. The van der Waals surface area contributed by atoms with Crippen LogP contribution in [-0.4, -0.2) is 104 Å². The summed E-state index contributed by atoms with van der Waals surface area (Å²) in [4.78, 5) is 60.0. The van der Waals surface area contributed by atoms with Crippen molar-refractivity contribution in [2.75, 3.05) is 39.8 Å². The van der Waals surface area contributed by atoms with Crippen LogP contribution in [0.15, 0.2) is 23.7 Å². The maximum absolute atomic E-state index is 14.1. The van der Waals surface area contributed by atoms with E-state index in [0.29, 0.717) is 55.2 Å². The molecule has 4 amide bonds. The van der Waals surface area contributed by atoms with Crippen LogP contribution in [0.5, 0.6) is 0 Å². The van der Waals surface area contributed by atoms with E-state index in [1.807, 2.05) is 29.5 Å². The molecule has 0 aromatic carbocycles. The van der Waals surface area contributed by atoms with Crippen molar-refractivity contribution in [1.29, 1.82) is 0 Å². The molecule has 230 valence electrons. The number of likely N-dealkylation sites (N-methyl/N-ethyl adjacent to an activating group) is 1. The molecule has 13 heteroatoms. The topological polar surface area (TPSA) is 137 Å². The highest BCUT2D eigenvalue weighted by molar-refractivity contribution is 7.13. The minimum Gasteiger partial charge on any atom is -0.354 e. The summed E-state index contributed by atoms with van der Waals surface area (Å²) in [6.45, 7) is 5.18. The maximum atomic E-state index is 14.1. The first-order valence-corrected chi connectivity index (χ1v) is 15.7. The van der Waals surface area contributed by atoms with Gasteiger partial charge in [0.25, 0.3) is 11.8 Å². The zero-order valence-electron chi connectivity index (χ0n) is 25.3. The molecule has 1 unspecified atom stereocenters. The summed E-state index contributed by atoms with van der Waals surface area (Å²) in [5.41, 5.74) is 3.18. The number of carbonyl (C=O) groups is 4. The largest absolute Gasteiger partial charge is 0.354 e. The number of aromatic nitrogens is 4. The molecular formula is C30H40N8O4S. The number of aromatic amines is 1. The summed E-state index contributed by atoms with van der Waals surface area (Å²) in [5.74, 6) is -0.634. The van der Waals surface area contributed by atoms with Gasteiger partial charge in [0, 0.05) is 51.0 Å². The smallest absolute Gasteiger partial charge is 0.274 e. The van der Waals surface area contributed by atoms with Crippen molar-refractivity contribution in [3.05, 3.63) is 46.2 Å². The van der Waals surface area contributed by atoms with E-state index < -0.39 is 0 Å². The molecule has 0 saturated heterocycles. The third kappa shape index (κ3) is 6.66. The van der Waals surface area contributed by atoms with Crippen molar-refractivity contribution in [3.63, 3.8) is 0 Å². The van der Waals surface area contributed by atoms with E-state index in [1.54, 1.807) is 16.6 Å². The number of nitrogens with zero attached hydrogens (tertiary/aromatic N) is 6. The van der Waals surface area contributed by atoms with Crippen LogP contribution in [0.25, 0.3) is 10.6 Å². The van der Waals surface area contributed by atoms with Crippen LogP contribution < -0.4 is 5.32 Å². The van der Waals surface area contributed by atoms with Crippen LogP contribution in [0, 0.1) is 5.92 Å². The molecule has 4 heterocycles. The van der Waals surface area contributed by atoms with Gasteiger partial charge in [0.1, 0.15) is 6.54 Å². The second-order valence-corrected chi connectivity index (χ2v) is 12.7. The highest BCUT2D eigenvalue weighted by Gasteiger charge is 2.35. The van der Waals surface area contributed by atoms with E-state index in [1.165, 1.54) is 22.4 Å². The van der Waals surface area contributed by atoms with Gasteiger partial charge in [-0.3, -0.25) is 29.0 Å². The Hall–Kier alpha value is -4.00. The number of carbonyl (C=O) groups excluding carboxylic acids is 4. The van der Waals surface area contributed by atoms with Crippen molar-refractivity contribution < 1.29 is 19.2 Å². The third-order valence-corrected chi connectivity index (χ3v) is 9.13. The summed E-state index contributed by atoms with van der Waals surface area (Å²) >= 11 is 1.50. The number of rotatable bonds is 5. The summed E-state index contributed by atoms with van der Waals surface area (Å²) < 4.78 is 1.75. The minimum absolute atomic E-state index is 0.0924. The Morgan fingerprint density at radius 2 is 2.00 bits per heavy atom. The average Bonchev–Trinajstić information content (AvgIpc) is 3.74. The van der Waals surface area contributed by atoms with Crippen LogP contribution in [0.2, 0.25) is 0 Å². The fourth-order valence-electron chi connectivity index (χ4n) is 5.87. The zero-order valence-corrected chi connectivity index (χ0v) is 26.1. The molecule has 2 aliphatic rings. The molecule has 12 nitrogen and oxygen atoms in total. The predicted molar refractivity (Wildman–Crippen MR) is 163 cm³/mol. The Bertz CT molecular complexity index is 1480. The standard InChI is InChI=1S/C30H40N8O4S/c1-19(2)10-13-38-20-8-9-23-21(15-20)28(34-36(23)4)30(42)35(3)17-25(39)31-11-6-12-37(18-26(38)40)29(41)22-16-32-33-27(22)24-7-5-14-43-24/h5,7,14,16,19-20H,6,8-13,15,17-18H2,1-4H3,(H,31,39)(H,32,33). The molecular weight excluding hydrogens is 568 g/mol. The van der Waals surface area contributed by atoms with Crippen molar-refractivity contribution in [1.82, 2.24) is 40.0 Å².